The minimum atomic E-state index is -0.151. The zero-order valence-corrected chi connectivity index (χ0v) is 12.9. The van der Waals surface area contributed by atoms with Crippen LogP contribution < -0.4 is 10.6 Å². The van der Waals surface area contributed by atoms with Crippen molar-refractivity contribution in [3.05, 3.63) is 71.3 Å². The SMILES string of the molecule is O=C(NCCc1ccccc1)c1cccc(C(=O)NC2CC2)c1. The second-order valence-corrected chi connectivity index (χ2v) is 5.82. The molecular formula is C19H20N2O2. The molecule has 2 aromatic rings. The smallest absolute Gasteiger partial charge is 0.251 e. The summed E-state index contributed by atoms with van der Waals surface area (Å²) in [4.78, 5) is 24.2. The number of benzene rings is 2. The average Bonchev–Trinajstić information content (AvgIpc) is 3.40. The monoisotopic (exact) mass is 308 g/mol. The van der Waals surface area contributed by atoms with Crippen LogP contribution in [-0.4, -0.2) is 24.4 Å². The fraction of sp³-hybridized carbons (Fsp3) is 0.263. The molecule has 0 atom stereocenters. The number of rotatable bonds is 6. The molecule has 0 bridgehead atoms. The van der Waals surface area contributed by atoms with E-state index in [-0.39, 0.29) is 11.8 Å². The zero-order chi connectivity index (χ0) is 16.1. The molecule has 118 valence electrons. The second kappa shape index (κ2) is 7.09. The van der Waals surface area contributed by atoms with Crippen LogP contribution in [-0.2, 0) is 6.42 Å². The lowest BCUT2D eigenvalue weighted by Crippen LogP contribution is -2.27. The molecule has 1 saturated carbocycles. The summed E-state index contributed by atoms with van der Waals surface area (Å²) in [6.45, 7) is 0.571. The van der Waals surface area contributed by atoms with E-state index in [2.05, 4.69) is 10.6 Å². The first-order valence-electron chi connectivity index (χ1n) is 7.95. The summed E-state index contributed by atoms with van der Waals surface area (Å²) < 4.78 is 0. The lowest BCUT2D eigenvalue weighted by atomic mass is 10.1. The van der Waals surface area contributed by atoms with E-state index in [0.717, 1.165) is 19.3 Å². The maximum atomic E-state index is 12.2. The maximum Gasteiger partial charge on any atom is 0.251 e. The summed E-state index contributed by atoms with van der Waals surface area (Å²) in [5, 5.41) is 5.83. The van der Waals surface area contributed by atoms with Crippen molar-refractivity contribution in [3.8, 4) is 0 Å². The van der Waals surface area contributed by atoms with Crippen LogP contribution in [0.1, 0.15) is 39.1 Å². The van der Waals surface area contributed by atoms with Gasteiger partial charge >= 0.3 is 0 Å². The first-order chi connectivity index (χ1) is 11.2. The minimum absolute atomic E-state index is 0.105. The van der Waals surface area contributed by atoms with Gasteiger partial charge in [0.1, 0.15) is 0 Å². The molecule has 3 rings (SSSR count). The van der Waals surface area contributed by atoms with Crippen LogP contribution in [0.5, 0.6) is 0 Å². The first-order valence-corrected chi connectivity index (χ1v) is 7.95. The van der Waals surface area contributed by atoms with Crippen molar-refractivity contribution >= 4 is 11.8 Å². The Hall–Kier alpha value is -2.62. The molecular weight excluding hydrogens is 288 g/mol. The molecule has 23 heavy (non-hydrogen) atoms. The molecule has 0 spiro atoms. The minimum Gasteiger partial charge on any atom is -0.352 e. The molecule has 0 aromatic heterocycles. The van der Waals surface area contributed by atoms with Crippen LogP contribution in [0.15, 0.2) is 54.6 Å². The van der Waals surface area contributed by atoms with Gasteiger partial charge in [-0.25, -0.2) is 0 Å². The lowest BCUT2D eigenvalue weighted by molar-refractivity contribution is 0.0951. The quantitative estimate of drug-likeness (QED) is 0.861. The van der Waals surface area contributed by atoms with Crippen LogP contribution in [0.2, 0.25) is 0 Å². The highest BCUT2D eigenvalue weighted by atomic mass is 16.2. The van der Waals surface area contributed by atoms with Crippen molar-refractivity contribution in [1.82, 2.24) is 10.6 Å². The van der Waals surface area contributed by atoms with Crippen molar-refractivity contribution in [2.24, 2.45) is 0 Å². The Morgan fingerprint density at radius 3 is 2.30 bits per heavy atom. The second-order valence-electron chi connectivity index (χ2n) is 5.82. The normalized spacial score (nSPS) is 13.4. The molecule has 0 unspecified atom stereocenters. The average molecular weight is 308 g/mol. The molecule has 1 fully saturated rings. The van der Waals surface area contributed by atoms with E-state index < -0.39 is 0 Å². The molecule has 2 amide bonds. The van der Waals surface area contributed by atoms with Gasteiger partial charge in [0.15, 0.2) is 0 Å². The molecule has 1 aliphatic carbocycles. The number of hydrogen-bond acceptors (Lipinski definition) is 2. The van der Waals surface area contributed by atoms with Crippen molar-refractivity contribution in [3.63, 3.8) is 0 Å². The summed E-state index contributed by atoms with van der Waals surface area (Å²) in [6, 6.07) is 17.2. The van der Waals surface area contributed by atoms with Crippen molar-refractivity contribution in [2.75, 3.05) is 6.54 Å². The largest absolute Gasteiger partial charge is 0.352 e. The Bertz CT molecular complexity index is 694. The van der Waals surface area contributed by atoms with E-state index in [1.54, 1.807) is 24.3 Å². The molecule has 1 aliphatic rings. The van der Waals surface area contributed by atoms with Crippen LogP contribution >= 0.6 is 0 Å². The highest BCUT2D eigenvalue weighted by Gasteiger charge is 2.24. The predicted octanol–water partition coefficient (Wildman–Crippen LogP) is 2.55. The Morgan fingerprint density at radius 2 is 1.61 bits per heavy atom. The van der Waals surface area contributed by atoms with Gasteiger partial charge in [0, 0.05) is 23.7 Å². The number of hydrogen-bond donors (Lipinski definition) is 2. The fourth-order valence-corrected chi connectivity index (χ4v) is 2.37. The maximum absolute atomic E-state index is 12.2. The van der Waals surface area contributed by atoms with Gasteiger partial charge < -0.3 is 10.6 Å². The van der Waals surface area contributed by atoms with Crippen LogP contribution in [0.25, 0.3) is 0 Å². The number of amides is 2. The van der Waals surface area contributed by atoms with E-state index >= 15 is 0 Å². The third kappa shape index (κ3) is 4.42. The molecule has 0 aliphatic heterocycles. The number of carbonyl (C=O) groups excluding carboxylic acids is 2. The Kier molecular flexibility index (Phi) is 4.71. The van der Waals surface area contributed by atoms with E-state index in [1.807, 2.05) is 30.3 Å². The molecule has 2 N–H and O–H groups in total. The zero-order valence-electron chi connectivity index (χ0n) is 12.9. The Morgan fingerprint density at radius 1 is 0.913 bits per heavy atom. The van der Waals surface area contributed by atoms with Crippen molar-refractivity contribution in [1.29, 1.82) is 0 Å². The highest BCUT2D eigenvalue weighted by molar-refractivity contribution is 5.99. The van der Waals surface area contributed by atoms with E-state index in [4.69, 9.17) is 0 Å². The Balaban J connectivity index is 1.55. The van der Waals surface area contributed by atoms with E-state index in [1.165, 1.54) is 5.56 Å². The predicted molar refractivity (Wildman–Crippen MR) is 89.4 cm³/mol. The molecule has 0 heterocycles. The molecule has 0 radical (unpaired) electrons. The van der Waals surface area contributed by atoms with Gasteiger partial charge in [0.2, 0.25) is 0 Å². The van der Waals surface area contributed by atoms with Crippen molar-refractivity contribution in [2.45, 2.75) is 25.3 Å². The van der Waals surface area contributed by atoms with Gasteiger partial charge in [-0.1, -0.05) is 36.4 Å². The van der Waals surface area contributed by atoms with Gasteiger partial charge in [-0.2, -0.15) is 0 Å². The van der Waals surface area contributed by atoms with Gasteiger partial charge in [-0.15, -0.1) is 0 Å². The van der Waals surface area contributed by atoms with E-state index in [0.29, 0.717) is 23.7 Å². The van der Waals surface area contributed by atoms with Gasteiger partial charge in [0.05, 0.1) is 0 Å². The van der Waals surface area contributed by atoms with Gasteiger partial charge in [0.25, 0.3) is 11.8 Å². The van der Waals surface area contributed by atoms with Gasteiger partial charge in [-0.05, 0) is 43.0 Å². The summed E-state index contributed by atoms with van der Waals surface area (Å²) in [7, 11) is 0. The fourth-order valence-electron chi connectivity index (χ4n) is 2.37. The Labute approximate surface area is 135 Å². The molecule has 2 aromatic carbocycles. The van der Waals surface area contributed by atoms with Crippen molar-refractivity contribution < 1.29 is 9.59 Å². The van der Waals surface area contributed by atoms with Crippen LogP contribution in [0.3, 0.4) is 0 Å². The summed E-state index contributed by atoms with van der Waals surface area (Å²) >= 11 is 0. The molecule has 0 saturated heterocycles. The first kappa shape index (κ1) is 15.3. The number of carbonyl (C=O) groups is 2. The number of nitrogens with one attached hydrogen (secondary N) is 2. The standard InChI is InChI=1S/C19H20N2O2/c22-18(20-12-11-14-5-2-1-3-6-14)15-7-4-8-16(13-15)19(23)21-17-9-10-17/h1-8,13,17H,9-12H2,(H,20,22)(H,21,23). The molecule has 4 nitrogen and oxygen atoms in total. The summed E-state index contributed by atoms with van der Waals surface area (Å²) in [5.41, 5.74) is 2.24. The van der Waals surface area contributed by atoms with Crippen LogP contribution in [0.4, 0.5) is 0 Å². The van der Waals surface area contributed by atoms with E-state index in [9.17, 15) is 9.59 Å². The lowest BCUT2D eigenvalue weighted by Gasteiger charge is -2.07. The van der Waals surface area contributed by atoms with Gasteiger partial charge in [-0.3, -0.25) is 9.59 Å². The third-order valence-corrected chi connectivity index (χ3v) is 3.84. The summed E-state index contributed by atoms with van der Waals surface area (Å²) in [6.07, 6.45) is 2.88. The molecule has 4 heteroatoms. The topological polar surface area (TPSA) is 58.2 Å². The van der Waals surface area contributed by atoms with Crippen LogP contribution in [0, 0.1) is 0 Å². The summed E-state index contributed by atoms with van der Waals surface area (Å²) in [5.74, 6) is -0.256. The third-order valence-electron chi connectivity index (χ3n) is 3.84. The highest BCUT2D eigenvalue weighted by Crippen LogP contribution is 2.19.